The van der Waals surface area contributed by atoms with Gasteiger partial charge in [-0.3, -0.25) is 4.79 Å². The summed E-state index contributed by atoms with van der Waals surface area (Å²) in [5.41, 5.74) is 0.890. The van der Waals surface area contributed by atoms with Crippen LogP contribution in [0.1, 0.15) is 45.6 Å². The second kappa shape index (κ2) is 11.9. The van der Waals surface area contributed by atoms with Crippen molar-refractivity contribution in [2.45, 2.75) is 57.7 Å². The van der Waals surface area contributed by atoms with Crippen LogP contribution in [-0.2, 0) is 24.1 Å². The number of carbonyl (C=O) groups is 1. The highest BCUT2D eigenvalue weighted by Crippen LogP contribution is 2.60. The van der Waals surface area contributed by atoms with E-state index in [-0.39, 0.29) is 34.9 Å². The van der Waals surface area contributed by atoms with Gasteiger partial charge in [0.05, 0.1) is 25.4 Å². The van der Waals surface area contributed by atoms with Crippen LogP contribution in [-0.4, -0.2) is 47.4 Å². The van der Waals surface area contributed by atoms with Crippen molar-refractivity contribution in [3.8, 4) is 0 Å². The van der Waals surface area contributed by atoms with Crippen molar-refractivity contribution in [1.82, 2.24) is 0 Å². The fourth-order valence-electron chi connectivity index (χ4n) is 7.16. The minimum atomic E-state index is -2.04. The number of ether oxygens (including phenoxy) is 2. The lowest BCUT2D eigenvalue weighted by atomic mass is 9.69. The second-order valence-corrected chi connectivity index (χ2v) is 14.7. The molecule has 0 amide bonds. The predicted molar refractivity (Wildman–Crippen MR) is 159 cm³/mol. The third-order valence-corrected chi connectivity index (χ3v) is 11.3. The zero-order valence-electron chi connectivity index (χ0n) is 23.7. The number of Topliss-reactive ketones (excluding diaryl/α,β-unsaturated/α-hetero) is 1. The van der Waals surface area contributed by atoms with Crippen LogP contribution in [0.3, 0.4) is 0 Å². The van der Waals surface area contributed by atoms with Crippen molar-refractivity contribution < 1.29 is 18.7 Å². The summed E-state index contributed by atoms with van der Waals surface area (Å²) in [5, 5.41) is 2.54. The average Bonchev–Trinajstić information content (AvgIpc) is 3.42. The molecule has 2 saturated carbocycles. The van der Waals surface area contributed by atoms with Crippen molar-refractivity contribution in [1.29, 1.82) is 0 Å². The maximum Gasteiger partial charge on any atom is 0.240 e. The van der Waals surface area contributed by atoms with Gasteiger partial charge < -0.3 is 13.9 Å². The van der Waals surface area contributed by atoms with Crippen LogP contribution in [0, 0.1) is 17.3 Å². The first-order valence-corrected chi connectivity index (χ1v) is 15.9. The summed E-state index contributed by atoms with van der Waals surface area (Å²) >= 11 is 0. The zero-order valence-corrected chi connectivity index (χ0v) is 24.9. The lowest BCUT2D eigenvalue weighted by molar-refractivity contribution is -0.119. The fraction of sp³-hybridized carbons (Fsp3) is 0.441. The third-order valence-electron chi connectivity index (χ3n) is 8.79. The van der Waals surface area contributed by atoms with E-state index >= 15 is 0 Å². The van der Waals surface area contributed by atoms with Gasteiger partial charge in [0, 0.05) is 31.3 Å². The monoisotopic (exact) mass is 542 g/mol. The van der Waals surface area contributed by atoms with Gasteiger partial charge in [-0.1, -0.05) is 112 Å². The molecule has 3 aromatic rings. The molecule has 1 unspecified atom stereocenters. The number of fused-ring (bicyclic) bond motifs is 1. The van der Waals surface area contributed by atoms with Gasteiger partial charge >= 0.3 is 0 Å². The van der Waals surface area contributed by atoms with Gasteiger partial charge in [-0.2, -0.15) is 0 Å². The summed E-state index contributed by atoms with van der Waals surface area (Å²) < 4.78 is 19.5. The molecule has 0 saturated heterocycles. The Morgan fingerprint density at radius 1 is 0.872 bits per heavy atom. The van der Waals surface area contributed by atoms with E-state index in [9.17, 15) is 4.79 Å². The number of ketones is 1. The van der Waals surface area contributed by atoms with E-state index in [4.69, 9.17) is 13.9 Å². The molecule has 0 N–H and O–H groups in total. The van der Waals surface area contributed by atoms with E-state index in [1.165, 1.54) is 15.9 Å². The molecule has 206 valence electrons. The third kappa shape index (κ3) is 5.83. The predicted octanol–water partition coefficient (Wildman–Crippen LogP) is 4.92. The molecule has 39 heavy (non-hydrogen) atoms. The maximum absolute atomic E-state index is 13.2. The largest absolute Gasteiger partial charge is 0.407 e. The first-order valence-electron chi connectivity index (χ1n) is 14.3. The van der Waals surface area contributed by atoms with Crippen LogP contribution < -0.4 is 10.4 Å². The van der Waals surface area contributed by atoms with Crippen LogP contribution in [0.4, 0.5) is 0 Å². The fourth-order valence-corrected chi connectivity index (χ4v) is 9.89. The van der Waals surface area contributed by atoms with Gasteiger partial charge in [0.1, 0.15) is 5.78 Å². The smallest absolute Gasteiger partial charge is 0.240 e. The highest BCUT2D eigenvalue weighted by atomic mass is 28.3. The van der Waals surface area contributed by atoms with E-state index in [0.717, 1.165) is 6.42 Å². The molecule has 2 aliphatic rings. The number of methoxy groups -OCH3 is 1. The Morgan fingerprint density at radius 2 is 1.44 bits per heavy atom. The van der Waals surface area contributed by atoms with Crippen LogP contribution in [0.15, 0.2) is 91.0 Å². The van der Waals surface area contributed by atoms with Gasteiger partial charge in [-0.25, -0.2) is 0 Å². The Morgan fingerprint density at radius 3 is 1.97 bits per heavy atom. The zero-order chi connectivity index (χ0) is 27.5. The Kier molecular flexibility index (Phi) is 8.53. The molecule has 5 rings (SSSR count). The first-order chi connectivity index (χ1) is 18.8. The summed E-state index contributed by atoms with van der Waals surface area (Å²) in [6.45, 7) is 7.94. The van der Waals surface area contributed by atoms with Gasteiger partial charge in [-0.15, -0.1) is 0 Å². The molecule has 0 radical (unpaired) electrons. The normalized spacial score (nSPS) is 25.7. The Bertz CT molecular complexity index is 1170. The minimum absolute atomic E-state index is 0.0103. The summed E-state index contributed by atoms with van der Waals surface area (Å²) in [4.78, 5) is 13.2. The number of benzene rings is 3. The Hall–Kier alpha value is -2.57. The second-order valence-electron chi connectivity index (χ2n) is 12.4. The molecule has 5 heteroatoms. The molecule has 2 fully saturated rings. The standard InChI is InChI=1S/C34H42O4Si/c1-33(2,3)32(38-39(27-16-10-6-11-17-27)28-18-12-7-13-19-28)31-29-22-26(35)23-34(29,25-14-8-5-9-15-25)24-30(31)37-21-20-36-4/h5-19,29-32,39H,20-24H2,1-4H3/t29-,30-,31+,32?,34+/m1/s1. The molecule has 0 bridgehead atoms. The number of hydrogen-bond acceptors (Lipinski definition) is 4. The van der Waals surface area contributed by atoms with Crippen LogP contribution in [0.25, 0.3) is 0 Å². The maximum atomic E-state index is 13.2. The van der Waals surface area contributed by atoms with Crippen molar-refractivity contribution in [3.05, 3.63) is 96.6 Å². The van der Waals surface area contributed by atoms with Crippen LogP contribution in [0.2, 0.25) is 0 Å². The van der Waals surface area contributed by atoms with E-state index in [1.54, 1.807) is 7.11 Å². The summed E-state index contributed by atoms with van der Waals surface area (Å²) in [6.07, 6.45) is 1.91. The topological polar surface area (TPSA) is 44.8 Å². The van der Waals surface area contributed by atoms with Crippen molar-refractivity contribution >= 4 is 25.2 Å². The molecule has 0 spiro atoms. The SMILES string of the molecule is COCCO[C@@H]1C[C@]2(c3ccccc3)CC(=O)C[C@@H]2[C@@H]1C(O[SiH](c1ccccc1)c1ccccc1)C(C)(C)C. The van der Waals surface area contributed by atoms with Crippen LogP contribution >= 0.6 is 0 Å². The number of carbonyl (C=O) groups excluding carboxylic acids is 1. The molecular formula is C34H42O4Si. The number of hydrogen-bond donors (Lipinski definition) is 0. The van der Waals surface area contributed by atoms with Gasteiger partial charge in [-0.05, 0) is 33.7 Å². The quantitative estimate of drug-likeness (QED) is 0.269. The van der Waals surface area contributed by atoms with Gasteiger partial charge in [0.15, 0.2) is 0 Å². The lowest BCUT2D eigenvalue weighted by Gasteiger charge is -2.43. The lowest BCUT2D eigenvalue weighted by Crippen LogP contribution is -2.54. The highest BCUT2D eigenvalue weighted by Gasteiger charge is 2.62. The molecule has 3 aromatic carbocycles. The van der Waals surface area contributed by atoms with E-state index in [2.05, 4.69) is 112 Å². The average molecular weight is 543 g/mol. The van der Waals surface area contributed by atoms with Gasteiger partial charge in [0.25, 0.3) is 0 Å². The van der Waals surface area contributed by atoms with Crippen molar-refractivity contribution in [2.24, 2.45) is 17.3 Å². The van der Waals surface area contributed by atoms with E-state index in [0.29, 0.717) is 31.8 Å². The summed E-state index contributed by atoms with van der Waals surface area (Å²) in [6, 6.07) is 32.1. The molecular weight excluding hydrogens is 500 g/mol. The molecule has 0 heterocycles. The van der Waals surface area contributed by atoms with E-state index in [1.807, 2.05) is 0 Å². The Labute approximate surface area is 235 Å². The van der Waals surface area contributed by atoms with Gasteiger partial charge in [0.2, 0.25) is 9.04 Å². The molecule has 0 aromatic heterocycles. The van der Waals surface area contributed by atoms with Crippen molar-refractivity contribution in [3.63, 3.8) is 0 Å². The summed E-state index contributed by atoms with van der Waals surface area (Å²) in [7, 11) is -0.327. The van der Waals surface area contributed by atoms with Crippen molar-refractivity contribution in [2.75, 3.05) is 20.3 Å². The van der Waals surface area contributed by atoms with Crippen LogP contribution in [0.5, 0.6) is 0 Å². The number of rotatable bonds is 10. The molecule has 4 nitrogen and oxygen atoms in total. The minimum Gasteiger partial charge on any atom is -0.407 e. The molecule has 0 aliphatic heterocycles. The van der Waals surface area contributed by atoms with E-state index < -0.39 is 9.04 Å². The summed E-state index contributed by atoms with van der Waals surface area (Å²) in [5.74, 6) is 0.623. The first kappa shape index (κ1) is 28.0. The Balaban J connectivity index is 1.59. The highest BCUT2D eigenvalue weighted by molar-refractivity contribution is 6.80. The molecule has 5 atom stereocenters. The molecule has 2 aliphatic carbocycles.